The zero-order valence-corrected chi connectivity index (χ0v) is 8.53. The number of aromatic nitrogens is 1. The lowest BCUT2D eigenvalue weighted by molar-refractivity contribution is 0.844. The fourth-order valence-electron chi connectivity index (χ4n) is 1.16. The Hall–Kier alpha value is -0.500. The van der Waals surface area contributed by atoms with Crippen molar-refractivity contribution in [2.24, 2.45) is 0 Å². The van der Waals surface area contributed by atoms with Crippen LogP contribution in [0.5, 0.6) is 0 Å². The van der Waals surface area contributed by atoms with Gasteiger partial charge >= 0.3 is 0 Å². The molecule has 12 heavy (non-hydrogen) atoms. The average Bonchev–Trinajstić information content (AvgIpc) is 2.21. The fraction of sp³-hybridized carbons (Fsp3) is 0.500. The van der Waals surface area contributed by atoms with Crippen molar-refractivity contribution in [3.8, 4) is 0 Å². The number of pyridine rings is 1. The molecule has 0 atom stereocenters. The quantitative estimate of drug-likeness (QED) is 0.610. The van der Waals surface area contributed by atoms with Gasteiger partial charge in [0.2, 0.25) is 0 Å². The van der Waals surface area contributed by atoms with Gasteiger partial charge in [0, 0.05) is 11.1 Å². The molecule has 0 spiro atoms. The van der Waals surface area contributed by atoms with Crippen molar-refractivity contribution in [1.29, 1.82) is 0 Å². The third kappa shape index (κ3) is 2.24. The van der Waals surface area contributed by atoms with Crippen LogP contribution in [0.4, 0.5) is 0 Å². The lowest BCUT2D eigenvalue weighted by atomic mass is 10.2. The van der Waals surface area contributed by atoms with E-state index in [9.17, 15) is 0 Å². The van der Waals surface area contributed by atoms with Crippen LogP contribution in [-0.2, 0) is 6.42 Å². The lowest BCUT2D eigenvalue weighted by Crippen LogP contribution is -1.99. The van der Waals surface area contributed by atoms with Crippen molar-refractivity contribution in [1.82, 2.24) is 4.98 Å². The number of fused-ring (bicyclic) bond motifs is 1. The Morgan fingerprint density at radius 2 is 2.25 bits per heavy atom. The van der Waals surface area contributed by atoms with Crippen molar-refractivity contribution in [2.45, 2.75) is 31.6 Å². The largest absolute Gasteiger partial charge is 0.260 e. The topological polar surface area (TPSA) is 12.9 Å². The highest BCUT2D eigenvalue weighted by Gasteiger charge is 2.08. The summed E-state index contributed by atoms with van der Waals surface area (Å²) >= 11 is 1.93. The molecule has 0 unspecified atom stereocenters. The molecule has 66 valence electrons. The molecule has 2 heterocycles. The molecule has 0 amide bonds. The van der Waals surface area contributed by atoms with Crippen LogP contribution in [0.3, 0.4) is 0 Å². The van der Waals surface area contributed by atoms with Crippen LogP contribution in [0.15, 0.2) is 23.2 Å². The van der Waals surface area contributed by atoms with Gasteiger partial charge in [-0.15, -0.1) is 11.8 Å². The Morgan fingerprint density at radius 3 is 3.00 bits per heavy atom. The van der Waals surface area contributed by atoms with Crippen LogP contribution in [0.2, 0.25) is 0 Å². The van der Waals surface area contributed by atoms with Gasteiger partial charge in [0.05, 0.1) is 5.69 Å². The molecule has 0 N–H and O–H groups in total. The number of nitrogens with zero attached hydrogens (tertiary/aromatic N) is 1. The molecule has 1 aromatic rings. The SMILES string of the molecule is CC.c1cnc2c(c1)SCCC2. The van der Waals surface area contributed by atoms with E-state index in [0.29, 0.717) is 0 Å². The third-order valence-electron chi connectivity index (χ3n) is 1.66. The summed E-state index contributed by atoms with van der Waals surface area (Å²) in [5, 5.41) is 0. The van der Waals surface area contributed by atoms with Crippen molar-refractivity contribution in [3.05, 3.63) is 24.0 Å². The van der Waals surface area contributed by atoms with Gasteiger partial charge < -0.3 is 0 Å². The van der Waals surface area contributed by atoms with E-state index in [1.54, 1.807) is 0 Å². The predicted molar refractivity (Wildman–Crippen MR) is 54.6 cm³/mol. The van der Waals surface area contributed by atoms with Gasteiger partial charge in [-0.05, 0) is 30.7 Å². The minimum Gasteiger partial charge on any atom is -0.260 e. The molecule has 1 aliphatic rings. The molecule has 0 aromatic carbocycles. The Bertz CT molecular complexity index is 210. The summed E-state index contributed by atoms with van der Waals surface area (Å²) in [6, 6.07) is 4.17. The van der Waals surface area contributed by atoms with Gasteiger partial charge in [-0.25, -0.2) is 0 Å². The van der Waals surface area contributed by atoms with Crippen LogP contribution in [-0.4, -0.2) is 10.7 Å². The minimum atomic E-state index is 1.17. The van der Waals surface area contributed by atoms with Crippen LogP contribution in [0.25, 0.3) is 0 Å². The van der Waals surface area contributed by atoms with Gasteiger partial charge in [-0.1, -0.05) is 13.8 Å². The normalized spacial score (nSPS) is 14.2. The molecule has 2 rings (SSSR count). The number of thioether (sulfide) groups is 1. The first-order valence-corrected chi connectivity index (χ1v) is 5.52. The van der Waals surface area contributed by atoms with E-state index in [0.717, 1.165) is 0 Å². The maximum absolute atomic E-state index is 4.30. The summed E-state index contributed by atoms with van der Waals surface area (Å²) in [6.45, 7) is 4.00. The zero-order chi connectivity index (χ0) is 8.81. The Balaban J connectivity index is 0.000000336. The standard InChI is InChI=1S/C8H9NS.C2H6/c1-4-8-7(9-5-1)3-2-6-10-8;1-2/h1,4-5H,2-3,6H2;1-2H3. The maximum Gasteiger partial charge on any atom is 0.0539 e. The molecule has 2 heteroatoms. The maximum atomic E-state index is 4.30. The van der Waals surface area contributed by atoms with Gasteiger partial charge in [-0.2, -0.15) is 0 Å². The second kappa shape index (κ2) is 5.20. The van der Waals surface area contributed by atoms with Crippen molar-refractivity contribution >= 4 is 11.8 Å². The average molecular weight is 181 g/mol. The summed E-state index contributed by atoms with van der Waals surface area (Å²) in [6.07, 6.45) is 4.34. The van der Waals surface area contributed by atoms with Crippen LogP contribution >= 0.6 is 11.8 Å². The number of hydrogen-bond donors (Lipinski definition) is 0. The highest BCUT2D eigenvalue weighted by molar-refractivity contribution is 7.99. The summed E-state index contributed by atoms with van der Waals surface area (Å²) in [5.74, 6) is 1.26. The highest BCUT2D eigenvalue weighted by Crippen LogP contribution is 2.27. The predicted octanol–water partition coefficient (Wildman–Crippen LogP) is 3.15. The first-order chi connectivity index (χ1) is 5.97. The molecular weight excluding hydrogens is 166 g/mol. The molecule has 0 saturated heterocycles. The second-order valence-electron chi connectivity index (χ2n) is 2.40. The number of aryl methyl sites for hydroxylation is 1. The summed E-state index contributed by atoms with van der Waals surface area (Å²) in [7, 11) is 0. The minimum absolute atomic E-state index is 1.17. The third-order valence-corrected chi connectivity index (χ3v) is 2.84. The van der Waals surface area contributed by atoms with E-state index in [4.69, 9.17) is 0 Å². The van der Waals surface area contributed by atoms with Crippen molar-refractivity contribution in [2.75, 3.05) is 5.75 Å². The molecule has 0 fully saturated rings. The molecule has 0 bridgehead atoms. The Labute approximate surface area is 78.6 Å². The monoisotopic (exact) mass is 181 g/mol. The van der Waals surface area contributed by atoms with E-state index >= 15 is 0 Å². The van der Waals surface area contributed by atoms with E-state index in [1.165, 1.54) is 29.2 Å². The Kier molecular flexibility index (Phi) is 4.15. The number of rotatable bonds is 0. The molecule has 0 aliphatic carbocycles. The van der Waals surface area contributed by atoms with Gasteiger partial charge in [0.15, 0.2) is 0 Å². The van der Waals surface area contributed by atoms with Gasteiger partial charge in [0.1, 0.15) is 0 Å². The van der Waals surface area contributed by atoms with Crippen molar-refractivity contribution < 1.29 is 0 Å². The summed E-state index contributed by atoms with van der Waals surface area (Å²) in [4.78, 5) is 5.68. The molecule has 1 aliphatic heterocycles. The smallest absolute Gasteiger partial charge is 0.0539 e. The first kappa shape index (κ1) is 9.59. The molecule has 1 aromatic heterocycles. The summed E-state index contributed by atoms with van der Waals surface area (Å²) < 4.78 is 0. The van der Waals surface area contributed by atoms with Crippen LogP contribution in [0.1, 0.15) is 26.0 Å². The Morgan fingerprint density at radius 1 is 1.42 bits per heavy atom. The van der Waals surface area contributed by atoms with Crippen LogP contribution < -0.4 is 0 Å². The van der Waals surface area contributed by atoms with E-state index in [2.05, 4.69) is 11.1 Å². The zero-order valence-electron chi connectivity index (χ0n) is 7.71. The molecule has 0 radical (unpaired) electrons. The fourth-order valence-corrected chi connectivity index (χ4v) is 2.17. The lowest BCUT2D eigenvalue weighted by Gasteiger charge is -2.12. The van der Waals surface area contributed by atoms with Gasteiger partial charge in [0.25, 0.3) is 0 Å². The van der Waals surface area contributed by atoms with Gasteiger partial charge in [-0.3, -0.25) is 4.98 Å². The van der Waals surface area contributed by atoms with Crippen LogP contribution in [0, 0.1) is 0 Å². The van der Waals surface area contributed by atoms with E-state index in [1.807, 2.05) is 37.9 Å². The highest BCUT2D eigenvalue weighted by atomic mass is 32.2. The second-order valence-corrected chi connectivity index (χ2v) is 3.54. The molecular formula is C10H15NS. The first-order valence-electron chi connectivity index (χ1n) is 4.53. The van der Waals surface area contributed by atoms with E-state index < -0.39 is 0 Å². The number of hydrogen-bond acceptors (Lipinski definition) is 2. The molecule has 0 saturated carbocycles. The summed E-state index contributed by atoms with van der Waals surface area (Å²) in [5.41, 5.74) is 1.29. The van der Waals surface area contributed by atoms with E-state index in [-0.39, 0.29) is 0 Å². The molecule has 1 nitrogen and oxygen atoms in total. The van der Waals surface area contributed by atoms with Crippen molar-refractivity contribution in [3.63, 3.8) is 0 Å².